The first-order chi connectivity index (χ1) is 9.19. The van der Waals surface area contributed by atoms with Crippen molar-refractivity contribution in [3.8, 4) is 5.75 Å². The Kier molecular flexibility index (Phi) is 4.46. The lowest BCUT2D eigenvalue weighted by Crippen LogP contribution is -2.16. The summed E-state index contributed by atoms with van der Waals surface area (Å²) >= 11 is 1.31. The molecule has 1 aliphatic heterocycles. The molecular formula is C13H14N2O3S. The molecule has 0 aromatic heterocycles. The Morgan fingerprint density at radius 1 is 1.53 bits per heavy atom. The zero-order valence-corrected chi connectivity index (χ0v) is 11.3. The van der Waals surface area contributed by atoms with Crippen LogP contribution in [0.2, 0.25) is 0 Å². The molecule has 1 aromatic rings. The smallest absolute Gasteiger partial charge is 0.251 e. The van der Waals surface area contributed by atoms with Gasteiger partial charge in [0.2, 0.25) is 5.91 Å². The van der Waals surface area contributed by atoms with Gasteiger partial charge in [-0.05, 0) is 19.1 Å². The molecule has 2 N–H and O–H groups in total. The second-order valence-electron chi connectivity index (χ2n) is 3.76. The zero-order chi connectivity index (χ0) is 13.7. The molecule has 1 aromatic carbocycles. The molecule has 0 atom stereocenters. The van der Waals surface area contributed by atoms with Crippen LogP contribution in [-0.2, 0) is 9.59 Å². The van der Waals surface area contributed by atoms with Crippen LogP contribution in [0.1, 0.15) is 6.92 Å². The predicted octanol–water partition coefficient (Wildman–Crippen LogP) is 1.73. The molecule has 6 heteroatoms. The number of para-hydroxylation sites is 2. The van der Waals surface area contributed by atoms with E-state index in [0.717, 1.165) is 0 Å². The first-order valence-corrected chi connectivity index (χ1v) is 6.84. The molecule has 1 fully saturated rings. The molecular weight excluding hydrogens is 264 g/mol. The van der Waals surface area contributed by atoms with Gasteiger partial charge in [-0.15, -0.1) is 0 Å². The fraction of sp³-hybridized carbons (Fsp3) is 0.231. The molecule has 0 unspecified atom stereocenters. The third-order valence-corrected chi connectivity index (χ3v) is 3.27. The van der Waals surface area contributed by atoms with Crippen LogP contribution in [0.25, 0.3) is 0 Å². The van der Waals surface area contributed by atoms with E-state index in [2.05, 4.69) is 10.6 Å². The maximum atomic E-state index is 11.8. The van der Waals surface area contributed by atoms with E-state index in [1.807, 2.05) is 19.1 Å². The van der Waals surface area contributed by atoms with Gasteiger partial charge in [0.15, 0.2) is 0 Å². The highest BCUT2D eigenvalue weighted by Gasteiger charge is 2.16. The molecule has 0 bridgehead atoms. The molecule has 0 spiro atoms. The van der Waals surface area contributed by atoms with Crippen molar-refractivity contribution in [2.45, 2.75) is 6.92 Å². The average Bonchev–Trinajstić information content (AvgIpc) is 2.77. The molecule has 1 aliphatic rings. The number of hydrogen-bond donors (Lipinski definition) is 2. The van der Waals surface area contributed by atoms with E-state index in [4.69, 9.17) is 4.74 Å². The van der Waals surface area contributed by atoms with Crippen LogP contribution in [0.3, 0.4) is 0 Å². The Bertz CT molecular complexity index is 528. The summed E-state index contributed by atoms with van der Waals surface area (Å²) in [6, 6.07) is 7.21. The molecule has 5 nitrogen and oxygen atoms in total. The maximum absolute atomic E-state index is 11.8. The maximum Gasteiger partial charge on any atom is 0.251 e. The van der Waals surface area contributed by atoms with Crippen LogP contribution in [0.4, 0.5) is 5.69 Å². The molecule has 100 valence electrons. The van der Waals surface area contributed by atoms with Gasteiger partial charge >= 0.3 is 0 Å². The Morgan fingerprint density at radius 3 is 3.00 bits per heavy atom. The fourth-order valence-corrected chi connectivity index (χ4v) is 2.30. The Labute approximate surface area is 115 Å². The average molecular weight is 278 g/mol. The number of thioether (sulfide) groups is 1. The van der Waals surface area contributed by atoms with Crippen LogP contribution in [0.15, 0.2) is 35.4 Å². The lowest BCUT2D eigenvalue weighted by molar-refractivity contribution is -0.117. The molecule has 2 amide bonds. The number of carbonyl (C=O) groups excluding carboxylic acids is 2. The number of anilines is 1. The number of hydrogen-bond acceptors (Lipinski definition) is 4. The van der Waals surface area contributed by atoms with Crippen LogP contribution >= 0.6 is 11.8 Å². The predicted molar refractivity (Wildman–Crippen MR) is 74.9 cm³/mol. The van der Waals surface area contributed by atoms with E-state index in [-0.39, 0.29) is 11.8 Å². The quantitative estimate of drug-likeness (QED) is 0.823. The minimum Gasteiger partial charge on any atom is -0.492 e. The van der Waals surface area contributed by atoms with Gasteiger partial charge in [-0.2, -0.15) is 0 Å². The van der Waals surface area contributed by atoms with Crippen LogP contribution in [0, 0.1) is 0 Å². The van der Waals surface area contributed by atoms with E-state index in [0.29, 0.717) is 28.8 Å². The summed E-state index contributed by atoms with van der Waals surface area (Å²) in [4.78, 5) is 22.8. The van der Waals surface area contributed by atoms with Crippen molar-refractivity contribution >= 4 is 29.3 Å². The van der Waals surface area contributed by atoms with Crippen LogP contribution < -0.4 is 15.4 Å². The van der Waals surface area contributed by atoms with E-state index < -0.39 is 0 Å². The van der Waals surface area contributed by atoms with Gasteiger partial charge in [0.25, 0.3) is 5.91 Å². The lowest BCUT2D eigenvalue weighted by atomic mass is 10.3. The Hall–Kier alpha value is -1.95. The summed E-state index contributed by atoms with van der Waals surface area (Å²) in [5.74, 6) is 0.602. The number of nitrogens with one attached hydrogen (secondary N) is 2. The molecule has 0 saturated carbocycles. The molecule has 1 heterocycles. The van der Waals surface area contributed by atoms with Gasteiger partial charge in [0.1, 0.15) is 5.75 Å². The molecule has 2 rings (SSSR count). The first-order valence-electron chi connectivity index (χ1n) is 5.86. The third-order valence-electron chi connectivity index (χ3n) is 2.33. The summed E-state index contributed by atoms with van der Waals surface area (Å²) in [6.07, 6.45) is 1.37. The van der Waals surface area contributed by atoms with E-state index >= 15 is 0 Å². The van der Waals surface area contributed by atoms with Gasteiger partial charge in [-0.1, -0.05) is 23.9 Å². The van der Waals surface area contributed by atoms with E-state index in [1.54, 1.807) is 12.1 Å². The Balaban J connectivity index is 2.04. The van der Waals surface area contributed by atoms with Gasteiger partial charge in [0, 0.05) is 6.08 Å². The summed E-state index contributed by atoms with van der Waals surface area (Å²) < 4.78 is 5.41. The monoisotopic (exact) mass is 278 g/mol. The molecule has 1 saturated heterocycles. The van der Waals surface area contributed by atoms with Crippen LogP contribution in [0.5, 0.6) is 5.75 Å². The second kappa shape index (κ2) is 6.29. The van der Waals surface area contributed by atoms with Crippen molar-refractivity contribution in [1.29, 1.82) is 0 Å². The van der Waals surface area contributed by atoms with Crippen molar-refractivity contribution in [2.75, 3.05) is 17.7 Å². The number of carbonyl (C=O) groups is 2. The Morgan fingerprint density at radius 2 is 2.32 bits per heavy atom. The second-order valence-corrected chi connectivity index (χ2v) is 4.78. The van der Waals surface area contributed by atoms with Gasteiger partial charge in [0.05, 0.1) is 23.1 Å². The van der Waals surface area contributed by atoms with E-state index in [1.165, 1.54) is 17.8 Å². The van der Waals surface area contributed by atoms with Crippen molar-refractivity contribution in [2.24, 2.45) is 0 Å². The third kappa shape index (κ3) is 3.75. The van der Waals surface area contributed by atoms with Crippen molar-refractivity contribution in [3.05, 3.63) is 35.4 Å². The number of amides is 2. The largest absolute Gasteiger partial charge is 0.492 e. The highest BCUT2D eigenvalue weighted by molar-refractivity contribution is 8.04. The minimum absolute atomic E-state index is 0.0845. The topological polar surface area (TPSA) is 67.4 Å². The van der Waals surface area contributed by atoms with Crippen LogP contribution in [-0.4, -0.2) is 24.2 Å². The fourth-order valence-electron chi connectivity index (χ4n) is 1.57. The SMILES string of the molecule is CCOc1ccccc1NC(=O)C=C1NC(=O)CS1. The summed E-state index contributed by atoms with van der Waals surface area (Å²) in [7, 11) is 0. The van der Waals surface area contributed by atoms with Crippen molar-refractivity contribution in [3.63, 3.8) is 0 Å². The molecule has 19 heavy (non-hydrogen) atoms. The molecule has 0 radical (unpaired) electrons. The van der Waals surface area contributed by atoms with Crippen molar-refractivity contribution < 1.29 is 14.3 Å². The van der Waals surface area contributed by atoms with Crippen molar-refractivity contribution in [1.82, 2.24) is 5.32 Å². The molecule has 0 aliphatic carbocycles. The summed E-state index contributed by atoms with van der Waals surface area (Å²) in [6.45, 7) is 2.41. The number of benzene rings is 1. The lowest BCUT2D eigenvalue weighted by Gasteiger charge is -2.10. The van der Waals surface area contributed by atoms with E-state index in [9.17, 15) is 9.59 Å². The zero-order valence-electron chi connectivity index (χ0n) is 10.4. The minimum atomic E-state index is -0.295. The highest BCUT2D eigenvalue weighted by atomic mass is 32.2. The standard InChI is InChI=1S/C13H14N2O3S/c1-2-18-10-6-4-3-5-9(10)14-11(16)7-13-15-12(17)8-19-13/h3-7H,2,8H2,1H3,(H,14,16)(H,15,17). The van der Waals surface area contributed by atoms with Gasteiger partial charge in [-0.25, -0.2) is 0 Å². The first kappa shape index (κ1) is 13.5. The summed E-state index contributed by atoms with van der Waals surface area (Å²) in [5, 5.41) is 5.90. The van der Waals surface area contributed by atoms with Gasteiger partial charge in [-0.3, -0.25) is 9.59 Å². The normalized spacial score (nSPS) is 16.3. The van der Waals surface area contributed by atoms with Gasteiger partial charge < -0.3 is 15.4 Å². The summed E-state index contributed by atoms with van der Waals surface area (Å²) in [5.41, 5.74) is 0.612. The highest BCUT2D eigenvalue weighted by Crippen LogP contribution is 2.24. The number of ether oxygens (including phenoxy) is 1. The number of rotatable bonds is 4.